The molecule has 1 aliphatic rings. The first-order chi connectivity index (χ1) is 7.78. The van der Waals surface area contributed by atoms with Crippen molar-refractivity contribution in [3.63, 3.8) is 0 Å². The molecule has 1 fully saturated rings. The molecule has 2 aromatic heterocycles. The summed E-state index contributed by atoms with van der Waals surface area (Å²) in [5, 5.41) is 0. The molecule has 0 aromatic carbocycles. The predicted molar refractivity (Wildman–Crippen MR) is 63.4 cm³/mol. The van der Waals surface area contributed by atoms with Gasteiger partial charge in [-0.05, 0) is 19.5 Å². The molecule has 0 N–H and O–H groups in total. The number of likely N-dealkylation sites (tertiary alicyclic amines) is 1. The third-order valence-electron chi connectivity index (χ3n) is 3.32. The third kappa shape index (κ3) is 1.41. The van der Waals surface area contributed by atoms with Gasteiger partial charge in [0.05, 0.1) is 24.1 Å². The van der Waals surface area contributed by atoms with E-state index in [1.54, 1.807) is 0 Å². The van der Waals surface area contributed by atoms with Crippen LogP contribution >= 0.6 is 0 Å². The van der Waals surface area contributed by atoms with Crippen LogP contribution in [0.1, 0.15) is 18.7 Å². The van der Waals surface area contributed by atoms with Crippen molar-refractivity contribution in [3.8, 4) is 0 Å². The number of rotatable bonds is 2. The zero-order chi connectivity index (χ0) is 11.1. The summed E-state index contributed by atoms with van der Waals surface area (Å²) in [4.78, 5) is 11.1. The van der Waals surface area contributed by atoms with Crippen LogP contribution in [0.5, 0.6) is 0 Å². The molecule has 4 nitrogen and oxygen atoms in total. The smallest absolute Gasteiger partial charge is 0.107 e. The molecule has 0 spiro atoms. The van der Waals surface area contributed by atoms with Crippen molar-refractivity contribution < 1.29 is 0 Å². The second-order valence-electron chi connectivity index (χ2n) is 4.54. The lowest BCUT2D eigenvalue weighted by Gasteiger charge is -2.37. The summed E-state index contributed by atoms with van der Waals surface area (Å²) in [6.45, 7) is 4.37. The Bertz CT molecular complexity index is 511. The van der Waals surface area contributed by atoms with Crippen LogP contribution < -0.4 is 0 Å². The van der Waals surface area contributed by atoms with Gasteiger partial charge in [-0.3, -0.25) is 4.98 Å². The standard InChI is InChI=1S/C12H16N4/c1-3-9-4-12-11(5-13-9)14-8-16(12)10-6-15(2)7-10/h4-5,8,10H,3,6-7H2,1-2H3. The van der Waals surface area contributed by atoms with Gasteiger partial charge in [0.2, 0.25) is 0 Å². The van der Waals surface area contributed by atoms with Crippen LogP contribution in [0.15, 0.2) is 18.6 Å². The summed E-state index contributed by atoms with van der Waals surface area (Å²) >= 11 is 0. The van der Waals surface area contributed by atoms with Crippen LogP contribution in [0.4, 0.5) is 0 Å². The van der Waals surface area contributed by atoms with Gasteiger partial charge in [-0.25, -0.2) is 4.98 Å². The summed E-state index contributed by atoms with van der Waals surface area (Å²) < 4.78 is 2.29. The lowest BCUT2D eigenvalue weighted by molar-refractivity contribution is 0.143. The minimum atomic E-state index is 0.585. The van der Waals surface area contributed by atoms with Crippen molar-refractivity contribution in [3.05, 3.63) is 24.3 Å². The summed E-state index contributed by atoms with van der Waals surface area (Å²) in [6.07, 6.45) is 4.81. The maximum atomic E-state index is 4.40. The van der Waals surface area contributed by atoms with Crippen LogP contribution in [0.25, 0.3) is 11.0 Å². The second-order valence-corrected chi connectivity index (χ2v) is 4.54. The van der Waals surface area contributed by atoms with Crippen molar-refractivity contribution in [2.45, 2.75) is 19.4 Å². The predicted octanol–water partition coefficient (Wildman–Crippen LogP) is 1.48. The van der Waals surface area contributed by atoms with Crippen molar-refractivity contribution in [2.24, 2.45) is 0 Å². The Kier molecular flexibility index (Phi) is 2.17. The van der Waals surface area contributed by atoms with Gasteiger partial charge in [-0.15, -0.1) is 0 Å². The topological polar surface area (TPSA) is 34.0 Å². The number of hydrogen-bond acceptors (Lipinski definition) is 3. The minimum absolute atomic E-state index is 0.585. The summed E-state index contributed by atoms with van der Waals surface area (Å²) in [5.74, 6) is 0. The van der Waals surface area contributed by atoms with E-state index in [4.69, 9.17) is 0 Å². The highest BCUT2D eigenvalue weighted by atomic mass is 15.3. The van der Waals surface area contributed by atoms with Crippen LogP contribution in [0, 0.1) is 0 Å². The SMILES string of the molecule is CCc1cc2c(cn1)ncn2C1CN(C)C1. The van der Waals surface area contributed by atoms with Crippen LogP contribution in [-0.4, -0.2) is 39.6 Å². The highest BCUT2D eigenvalue weighted by molar-refractivity contribution is 5.74. The van der Waals surface area contributed by atoms with E-state index >= 15 is 0 Å². The van der Waals surface area contributed by atoms with E-state index in [9.17, 15) is 0 Å². The maximum Gasteiger partial charge on any atom is 0.107 e. The molecule has 0 unspecified atom stereocenters. The minimum Gasteiger partial charge on any atom is -0.325 e. The molecule has 84 valence electrons. The molecule has 0 amide bonds. The fourth-order valence-corrected chi connectivity index (χ4v) is 2.30. The molecule has 0 bridgehead atoms. The Balaban J connectivity index is 2.04. The van der Waals surface area contributed by atoms with E-state index in [0.29, 0.717) is 6.04 Å². The van der Waals surface area contributed by atoms with Crippen molar-refractivity contribution in [1.29, 1.82) is 0 Å². The number of fused-ring (bicyclic) bond motifs is 1. The lowest BCUT2D eigenvalue weighted by Crippen LogP contribution is -2.44. The number of pyridine rings is 1. The molecule has 0 radical (unpaired) electrons. The first-order valence-corrected chi connectivity index (χ1v) is 5.78. The van der Waals surface area contributed by atoms with Gasteiger partial charge in [0.15, 0.2) is 0 Å². The van der Waals surface area contributed by atoms with Crippen molar-refractivity contribution in [2.75, 3.05) is 20.1 Å². The Morgan fingerprint density at radius 3 is 2.88 bits per heavy atom. The van der Waals surface area contributed by atoms with Crippen molar-refractivity contribution >= 4 is 11.0 Å². The van der Waals surface area contributed by atoms with Gasteiger partial charge < -0.3 is 9.47 Å². The Labute approximate surface area is 94.9 Å². The summed E-state index contributed by atoms with van der Waals surface area (Å²) in [7, 11) is 2.15. The largest absolute Gasteiger partial charge is 0.325 e. The van der Waals surface area contributed by atoms with E-state index in [1.165, 1.54) is 5.52 Å². The highest BCUT2D eigenvalue weighted by Gasteiger charge is 2.25. The van der Waals surface area contributed by atoms with Gasteiger partial charge in [0.1, 0.15) is 5.52 Å². The summed E-state index contributed by atoms with van der Waals surface area (Å²) in [5.41, 5.74) is 3.37. The second kappa shape index (κ2) is 3.56. The lowest BCUT2D eigenvalue weighted by atomic mass is 10.1. The maximum absolute atomic E-state index is 4.40. The molecule has 1 aliphatic heterocycles. The monoisotopic (exact) mass is 216 g/mol. The molecule has 2 aromatic rings. The molecule has 0 atom stereocenters. The number of hydrogen-bond donors (Lipinski definition) is 0. The first-order valence-electron chi connectivity index (χ1n) is 5.78. The number of imidazole rings is 1. The number of likely N-dealkylation sites (N-methyl/N-ethyl adjacent to an activating group) is 1. The average Bonchev–Trinajstić information content (AvgIpc) is 2.67. The molecular weight excluding hydrogens is 200 g/mol. The third-order valence-corrected chi connectivity index (χ3v) is 3.32. The molecular formula is C12H16N4. The van der Waals surface area contributed by atoms with E-state index < -0.39 is 0 Å². The van der Waals surface area contributed by atoms with E-state index in [2.05, 4.69) is 39.5 Å². The van der Waals surface area contributed by atoms with E-state index in [0.717, 1.165) is 30.7 Å². The number of nitrogens with zero attached hydrogens (tertiary/aromatic N) is 4. The summed E-state index contributed by atoms with van der Waals surface area (Å²) in [6, 6.07) is 2.75. The average molecular weight is 216 g/mol. The fourth-order valence-electron chi connectivity index (χ4n) is 2.30. The number of aryl methyl sites for hydroxylation is 1. The molecule has 3 heterocycles. The van der Waals surface area contributed by atoms with Crippen LogP contribution in [-0.2, 0) is 6.42 Å². The Hall–Kier alpha value is -1.42. The van der Waals surface area contributed by atoms with Crippen molar-refractivity contribution in [1.82, 2.24) is 19.4 Å². The zero-order valence-electron chi connectivity index (χ0n) is 9.72. The normalized spacial score (nSPS) is 17.9. The van der Waals surface area contributed by atoms with E-state index in [1.807, 2.05) is 12.5 Å². The Morgan fingerprint density at radius 2 is 2.19 bits per heavy atom. The highest BCUT2D eigenvalue weighted by Crippen LogP contribution is 2.24. The molecule has 1 saturated heterocycles. The molecule has 4 heteroatoms. The van der Waals surface area contributed by atoms with Gasteiger partial charge in [-0.2, -0.15) is 0 Å². The van der Waals surface area contributed by atoms with Crippen LogP contribution in [0.2, 0.25) is 0 Å². The van der Waals surface area contributed by atoms with E-state index in [-0.39, 0.29) is 0 Å². The van der Waals surface area contributed by atoms with Gasteiger partial charge in [-0.1, -0.05) is 6.92 Å². The molecule has 16 heavy (non-hydrogen) atoms. The quantitative estimate of drug-likeness (QED) is 0.762. The van der Waals surface area contributed by atoms with Gasteiger partial charge >= 0.3 is 0 Å². The molecule has 0 saturated carbocycles. The molecule has 3 rings (SSSR count). The first kappa shape index (κ1) is 9.78. The zero-order valence-corrected chi connectivity index (χ0v) is 9.72. The molecule has 0 aliphatic carbocycles. The van der Waals surface area contributed by atoms with Gasteiger partial charge in [0, 0.05) is 18.8 Å². The van der Waals surface area contributed by atoms with Gasteiger partial charge in [0.25, 0.3) is 0 Å². The fraction of sp³-hybridized carbons (Fsp3) is 0.500. The van der Waals surface area contributed by atoms with Crippen LogP contribution in [0.3, 0.4) is 0 Å². The number of aromatic nitrogens is 3. The Morgan fingerprint density at radius 1 is 1.38 bits per heavy atom.